The Morgan fingerprint density at radius 3 is 2.89 bits per heavy atom. The van der Waals surface area contributed by atoms with Crippen molar-refractivity contribution < 1.29 is 14.3 Å². The normalized spacial score (nSPS) is 10.4. The summed E-state index contributed by atoms with van der Waals surface area (Å²) in [6.45, 7) is 2.35. The summed E-state index contributed by atoms with van der Waals surface area (Å²) in [6, 6.07) is 7.20. The Balaban J connectivity index is 2.33. The van der Waals surface area contributed by atoms with Crippen LogP contribution in [-0.2, 0) is 14.3 Å². The highest BCUT2D eigenvalue weighted by atomic mass is 16.5. The van der Waals surface area contributed by atoms with Gasteiger partial charge in [0.1, 0.15) is 0 Å². The van der Waals surface area contributed by atoms with Crippen LogP contribution in [0.4, 0.5) is 5.69 Å². The molecule has 3 N–H and O–H groups in total. The maximum absolute atomic E-state index is 11.5. The summed E-state index contributed by atoms with van der Waals surface area (Å²) in [5.74, 6) is -0.575. The van der Waals surface area contributed by atoms with Gasteiger partial charge in [0.15, 0.2) is 0 Å². The molecule has 0 fully saturated rings. The van der Waals surface area contributed by atoms with Gasteiger partial charge in [-0.1, -0.05) is 12.1 Å². The maximum atomic E-state index is 11.5. The predicted octanol–water partition coefficient (Wildman–Crippen LogP) is 1.35. The highest BCUT2D eigenvalue weighted by molar-refractivity contribution is 5.92. The summed E-state index contributed by atoms with van der Waals surface area (Å²) >= 11 is 0. The lowest BCUT2D eigenvalue weighted by Gasteiger charge is -2.02. The summed E-state index contributed by atoms with van der Waals surface area (Å²) in [5.41, 5.74) is 7.11. The molecule has 0 bridgehead atoms. The van der Waals surface area contributed by atoms with Gasteiger partial charge in [0, 0.05) is 18.3 Å². The first-order valence-electron chi connectivity index (χ1n) is 6.09. The van der Waals surface area contributed by atoms with E-state index in [1.165, 1.54) is 6.08 Å². The first-order chi connectivity index (χ1) is 9.11. The number of esters is 1. The Labute approximate surface area is 112 Å². The summed E-state index contributed by atoms with van der Waals surface area (Å²) in [7, 11) is 0. The van der Waals surface area contributed by atoms with E-state index in [4.69, 9.17) is 10.5 Å². The first kappa shape index (κ1) is 14.8. The molecule has 5 heteroatoms. The number of nitrogens with two attached hydrogens (primary N) is 1. The Bertz CT molecular complexity index is 470. The number of hydrogen-bond acceptors (Lipinski definition) is 4. The van der Waals surface area contributed by atoms with E-state index in [0.717, 1.165) is 5.56 Å². The van der Waals surface area contributed by atoms with E-state index >= 15 is 0 Å². The largest absolute Gasteiger partial charge is 0.466 e. The number of carbonyl (C=O) groups excluding carboxylic acids is 2. The number of amides is 1. The third-order valence-corrected chi connectivity index (χ3v) is 2.27. The van der Waals surface area contributed by atoms with Crippen molar-refractivity contribution in [2.75, 3.05) is 18.9 Å². The zero-order valence-corrected chi connectivity index (χ0v) is 10.9. The van der Waals surface area contributed by atoms with Gasteiger partial charge >= 0.3 is 5.97 Å². The third-order valence-electron chi connectivity index (χ3n) is 2.27. The zero-order valence-electron chi connectivity index (χ0n) is 10.9. The predicted molar refractivity (Wildman–Crippen MR) is 74.1 cm³/mol. The van der Waals surface area contributed by atoms with Gasteiger partial charge in [-0.05, 0) is 30.7 Å². The van der Waals surface area contributed by atoms with Crippen LogP contribution in [0.5, 0.6) is 0 Å². The van der Waals surface area contributed by atoms with Crippen LogP contribution in [0.1, 0.15) is 18.9 Å². The van der Waals surface area contributed by atoms with E-state index in [9.17, 15) is 9.59 Å². The average molecular weight is 262 g/mol. The number of nitrogens with one attached hydrogen (secondary N) is 1. The molecule has 0 aliphatic heterocycles. The summed E-state index contributed by atoms with van der Waals surface area (Å²) in [4.78, 5) is 22.5. The van der Waals surface area contributed by atoms with Gasteiger partial charge in [-0.15, -0.1) is 0 Å². The average Bonchev–Trinajstić information content (AvgIpc) is 2.37. The van der Waals surface area contributed by atoms with Crippen molar-refractivity contribution in [2.45, 2.75) is 13.3 Å². The minimum absolute atomic E-state index is 0.172. The van der Waals surface area contributed by atoms with Crippen molar-refractivity contribution in [3.63, 3.8) is 0 Å². The lowest BCUT2D eigenvalue weighted by molar-refractivity contribution is -0.142. The zero-order chi connectivity index (χ0) is 14.1. The lowest BCUT2D eigenvalue weighted by atomic mass is 10.2. The van der Waals surface area contributed by atoms with Crippen molar-refractivity contribution in [1.29, 1.82) is 0 Å². The Kier molecular flexibility index (Phi) is 6.15. The Morgan fingerprint density at radius 2 is 2.21 bits per heavy atom. The van der Waals surface area contributed by atoms with Crippen LogP contribution in [0.15, 0.2) is 30.3 Å². The molecule has 5 nitrogen and oxygen atoms in total. The van der Waals surface area contributed by atoms with Crippen LogP contribution in [0, 0.1) is 0 Å². The summed E-state index contributed by atoms with van der Waals surface area (Å²) < 4.78 is 4.74. The molecule has 0 atom stereocenters. The number of nitrogen functional groups attached to an aromatic ring is 1. The molecular weight excluding hydrogens is 244 g/mol. The van der Waals surface area contributed by atoms with Crippen molar-refractivity contribution in [1.82, 2.24) is 5.32 Å². The minimum Gasteiger partial charge on any atom is -0.466 e. The van der Waals surface area contributed by atoms with Gasteiger partial charge < -0.3 is 15.8 Å². The number of anilines is 1. The van der Waals surface area contributed by atoms with Gasteiger partial charge in [0.2, 0.25) is 5.91 Å². The quantitative estimate of drug-likeness (QED) is 0.460. The van der Waals surface area contributed by atoms with Crippen molar-refractivity contribution >= 4 is 23.6 Å². The van der Waals surface area contributed by atoms with Gasteiger partial charge in [0.25, 0.3) is 0 Å². The maximum Gasteiger partial charge on any atom is 0.307 e. The molecule has 19 heavy (non-hydrogen) atoms. The van der Waals surface area contributed by atoms with Crippen LogP contribution < -0.4 is 11.1 Å². The van der Waals surface area contributed by atoms with Crippen LogP contribution in [0.2, 0.25) is 0 Å². The fourth-order valence-corrected chi connectivity index (χ4v) is 1.41. The molecule has 0 radical (unpaired) electrons. The Morgan fingerprint density at radius 1 is 1.42 bits per heavy atom. The molecule has 1 amide bonds. The molecule has 0 saturated carbocycles. The van der Waals surface area contributed by atoms with Crippen LogP contribution in [0.25, 0.3) is 6.08 Å². The van der Waals surface area contributed by atoms with E-state index in [1.807, 2.05) is 12.1 Å². The van der Waals surface area contributed by atoms with Gasteiger partial charge in [-0.25, -0.2) is 0 Å². The molecule has 102 valence electrons. The van der Waals surface area contributed by atoms with Crippen LogP contribution in [0.3, 0.4) is 0 Å². The van der Waals surface area contributed by atoms with Crippen LogP contribution >= 0.6 is 0 Å². The number of hydrogen-bond donors (Lipinski definition) is 2. The van der Waals surface area contributed by atoms with Crippen molar-refractivity contribution in [3.8, 4) is 0 Å². The molecule has 1 aromatic carbocycles. The first-order valence-corrected chi connectivity index (χ1v) is 6.09. The number of benzene rings is 1. The molecular formula is C14H18N2O3. The van der Waals surface area contributed by atoms with E-state index in [0.29, 0.717) is 12.3 Å². The minimum atomic E-state index is -0.317. The summed E-state index contributed by atoms with van der Waals surface area (Å²) in [5, 5.41) is 2.60. The highest BCUT2D eigenvalue weighted by Gasteiger charge is 2.02. The molecule has 1 aromatic rings. The number of ether oxygens (including phenoxy) is 1. The van der Waals surface area contributed by atoms with E-state index in [2.05, 4.69) is 5.32 Å². The molecule has 0 unspecified atom stereocenters. The highest BCUT2D eigenvalue weighted by Crippen LogP contribution is 2.07. The SMILES string of the molecule is CCOC(=O)CCNC(=O)/C=C/c1cccc(N)c1. The van der Waals surface area contributed by atoms with Crippen molar-refractivity contribution in [3.05, 3.63) is 35.9 Å². The van der Waals surface area contributed by atoms with E-state index in [1.54, 1.807) is 25.1 Å². The molecule has 1 rings (SSSR count). The van der Waals surface area contributed by atoms with E-state index < -0.39 is 0 Å². The standard InChI is InChI=1S/C14H18N2O3/c1-2-19-14(18)8-9-16-13(17)7-6-11-4-3-5-12(15)10-11/h3-7,10H,2,8-9,15H2,1H3,(H,16,17)/b7-6+. The second kappa shape index (κ2) is 7.92. The second-order valence-corrected chi connectivity index (χ2v) is 3.85. The van der Waals surface area contributed by atoms with Crippen molar-refractivity contribution in [2.24, 2.45) is 0 Å². The van der Waals surface area contributed by atoms with Gasteiger partial charge in [0.05, 0.1) is 13.0 Å². The van der Waals surface area contributed by atoms with Gasteiger partial charge in [-0.2, -0.15) is 0 Å². The molecule has 0 saturated heterocycles. The Hall–Kier alpha value is -2.30. The second-order valence-electron chi connectivity index (χ2n) is 3.85. The molecule has 0 spiro atoms. The molecule has 0 aliphatic rings. The fourth-order valence-electron chi connectivity index (χ4n) is 1.41. The lowest BCUT2D eigenvalue weighted by Crippen LogP contribution is -2.24. The summed E-state index contributed by atoms with van der Waals surface area (Å²) in [6.07, 6.45) is 3.24. The van der Waals surface area contributed by atoms with E-state index in [-0.39, 0.29) is 24.8 Å². The molecule has 0 aromatic heterocycles. The van der Waals surface area contributed by atoms with Crippen LogP contribution in [-0.4, -0.2) is 25.0 Å². The smallest absolute Gasteiger partial charge is 0.307 e. The number of rotatable bonds is 6. The fraction of sp³-hybridized carbons (Fsp3) is 0.286. The third kappa shape index (κ3) is 6.26. The molecule has 0 aliphatic carbocycles. The number of carbonyl (C=O) groups is 2. The monoisotopic (exact) mass is 262 g/mol. The van der Waals surface area contributed by atoms with Gasteiger partial charge in [-0.3, -0.25) is 9.59 Å². The molecule has 0 heterocycles. The topological polar surface area (TPSA) is 81.4 Å².